The van der Waals surface area contributed by atoms with Crippen molar-refractivity contribution >= 4 is 34.4 Å². The lowest BCUT2D eigenvalue weighted by Crippen LogP contribution is -2.24. The molecular formula is C21H21ClN2O2S. The van der Waals surface area contributed by atoms with Gasteiger partial charge in [-0.15, -0.1) is 11.3 Å². The predicted molar refractivity (Wildman–Crippen MR) is 111 cm³/mol. The quantitative estimate of drug-likeness (QED) is 0.530. The summed E-state index contributed by atoms with van der Waals surface area (Å²) in [5, 5.41) is 9.46. The normalized spacial score (nSPS) is 11.6. The number of aromatic nitrogens is 1. The number of halogens is 1. The fraction of sp³-hybridized carbons (Fsp3) is 0.238. The number of nitrogens with zero attached hydrogens (tertiary/aromatic N) is 1. The monoisotopic (exact) mass is 400 g/mol. The molecule has 0 bridgehead atoms. The molecule has 4 nitrogen and oxygen atoms in total. The molecule has 0 saturated heterocycles. The maximum absolute atomic E-state index is 12.4. The fourth-order valence-corrected chi connectivity index (χ4v) is 3.70. The van der Waals surface area contributed by atoms with Crippen LogP contribution < -0.4 is 5.32 Å². The Morgan fingerprint density at radius 1 is 1.33 bits per heavy atom. The van der Waals surface area contributed by atoms with Gasteiger partial charge in [-0.3, -0.25) is 4.79 Å². The fourth-order valence-electron chi connectivity index (χ4n) is 2.85. The summed E-state index contributed by atoms with van der Waals surface area (Å²) in [6, 6.07) is 11.4. The van der Waals surface area contributed by atoms with Gasteiger partial charge in [-0.1, -0.05) is 41.9 Å². The number of allylic oxidation sites excluding steroid dienone is 1. The lowest BCUT2D eigenvalue weighted by Gasteiger charge is -2.12. The summed E-state index contributed by atoms with van der Waals surface area (Å²) >= 11 is 7.70. The highest BCUT2D eigenvalue weighted by Crippen LogP contribution is 2.26. The van der Waals surface area contributed by atoms with E-state index in [1.54, 1.807) is 17.4 Å². The van der Waals surface area contributed by atoms with Gasteiger partial charge in [0.15, 0.2) is 11.5 Å². The molecule has 0 atom stereocenters. The van der Waals surface area contributed by atoms with Crippen molar-refractivity contribution in [2.75, 3.05) is 6.54 Å². The second-order valence-corrected chi connectivity index (χ2v) is 7.54. The topological polar surface area (TPSA) is 55.1 Å². The highest BCUT2D eigenvalue weighted by atomic mass is 35.5. The minimum Gasteiger partial charge on any atom is -0.355 e. The Morgan fingerprint density at radius 2 is 2.19 bits per heavy atom. The van der Waals surface area contributed by atoms with Crippen LogP contribution in [0.4, 0.5) is 0 Å². The van der Waals surface area contributed by atoms with Crippen LogP contribution in [0.3, 0.4) is 0 Å². The minimum atomic E-state index is -0.236. The summed E-state index contributed by atoms with van der Waals surface area (Å²) in [6.07, 6.45) is 3.81. The third-order valence-electron chi connectivity index (χ3n) is 4.18. The van der Waals surface area contributed by atoms with Gasteiger partial charge in [0.2, 0.25) is 0 Å². The molecule has 0 unspecified atom stereocenters. The lowest BCUT2D eigenvalue weighted by molar-refractivity contribution is 0.0945. The molecule has 0 saturated carbocycles. The van der Waals surface area contributed by atoms with E-state index in [0.717, 1.165) is 23.3 Å². The van der Waals surface area contributed by atoms with Gasteiger partial charge >= 0.3 is 0 Å². The third-order valence-corrected chi connectivity index (χ3v) is 5.30. The zero-order valence-electron chi connectivity index (χ0n) is 15.3. The average Bonchev–Trinajstić information content (AvgIpc) is 3.34. The number of benzene rings is 1. The minimum absolute atomic E-state index is 0.236. The number of carbonyl (C=O) groups excluding carboxylic acids is 1. The van der Waals surface area contributed by atoms with Crippen molar-refractivity contribution in [1.82, 2.24) is 10.5 Å². The summed E-state index contributed by atoms with van der Waals surface area (Å²) in [5.74, 6) is 0.372. The van der Waals surface area contributed by atoms with E-state index in [1.807, 2.05) is 35.7 Å². The Balaban J connectivity index is 1.63. The molecule has 1 aromatic carbocycles. The molecule has 2 aromatic heterocycles. The molecule has 0 aliphatic heterocycles. The first-order valence-corrected chi connectivity index (χ1v) is 10.1. The second-order valence-electron chi connectivity index (χ2n) is 6.16. The Hall–Kier alpha value is -2.37. The first-order valence-electron chi connectivity index (χ1n) is 8.83. The van der Waals surface area contributed by atoms with Gasteiger partial charge in [-0.25, -0.2) is 0 Å². The van der Waals surface area contributed by atoms with E-state index < -0.39 is 0 Å². The number of aryl methyl sites for hydroxylation is 1. The molecule has 0 spiro atoms. The maximum Gasteiger partial charge on any atom is 0.273 e. The van der Waals surface area contributed by atoms with E-state index in [2.05, 4.69) is 30.4 Å². The van der Waals surface area contributed by atoms with Crippen molar-refractivity contribution in [2.24, 2.45) is 0 Å². The smallest absolute Gasteiger partial charge is 0.273 e. The lowest BCUT2D eigenvalue weighted by atomic mass is 9.97. The van der Waals surface area contributed by atoms with Crippen LogP contribution in [0.5, 0.6) is 0 Å². The predicted octanol–water partition coefficient (Wildman–Crippen LogP) is 5.98. The van der Waals surface area contributed by atoms with E-state index in [1.165, 1.54) is 11.1 Å². The SMILES string of the molecule is CC/C=C(/CCNC(=O)c1cc(-c2cccs2)on1)c1cc(Cl)ccc1C. The molecule has 0 radical (unpaired) electrons. The number of rotatable bonds is 7. The number of thiophene rings is 1. The molecule has 2 heterocycles. The van der Waals surface area contributed by atoms with Crippen LogP contribution in [0.25, 0.3) is 16.2 Å². The second kappa shape index (κ2) is 9.02. The summed E-state index contributed by atoms with van der Waals surface area (Å²) < 4.78 is 5.27. The number of amides is 1. The highest BCUT2D eigenvalue weighted by Gasteiger charge is 2.14. The van der Waals surface area contributed by atoms with E-state index in [-0.39, 0.29) is 5.91 Å². The van der Waals surface area contributed by atoms with Gasteiger partial charge < -0.3 is 9.84 Å². The van der Waals surface area contributed by atoms with Gasteiger partial charge in [0.05, 0.1) is 4.88 Å². The maximum atomic E-state index is 12.4. The Bertz CT molecular complexity index is 945. The van der Waals surface area contributed by atoms with Crippen molar-refractivity contribution in [1.29, 1.82) is 0 Å². The van der Waals surface area contributed by atoms with Crippen LogP contribution in [0.1, 0.15) is 41.4 Å². The molecule has 3 aromatic rings. The van der Waals surface area contributed by atoms with E-state index in [0.29, 0.717) is 23.0 Å². The molecular weight excluding hydrogens is 380 g/mol. The summed E-state index contributed by atoms with van der Waals surface area (Å²) in [5.41, 5.74) is 3.76. The molecule has 0 aliphatic rings. The third kappa shape index (κ3) is 4.87. The van der Waals surface area contributed by atoms with Crippen LogP contribution in [0.2, 0.25) is 5.02 Å². The van der Waals surface area contributed by atoms with Crippen LogP contribution in [0, 0.1) is 6.92 Å². The first-order chi connectivity index (χ1) is 13.1. The number of hydrogen-bond donors (Lipinski definition) is 1. The molecule has 0 aliphatic carbocycles. The standard InChI is InChI=1S/C21H21ClN2O2S/c1-3-5-15(17-12-16(22)8-7-14(17)2)9-10-23-21(25)18-13-19(26-24-18)20-6-4-11-27-20/h4-8,11-13H,3,9-10H2,1-2H3,(H,23,25)/b15-5-. The first kappa shape index (κ1) is 19.4. The van der Waals surface area contributed by atoms with Gasteiger partial charge in [0.25, 0.3) is 5.91 Å². The van der Waals surface area contributed by atoms with Crippen molar-refractivity contribution in [2.45, 2.75) is 26.7 Å². The van der Waals surface area contributed by atoms with Crippen LogP contribution in [-0.4, -0.2) is 17.6 Å². The van der Waals surface area contributed by atoms with Crippen LogP contribution in [-0.2, 0) is 0 Å². The Morgan fingerprint density at radius 3 is 2.93 bits per heavy atom. The van der Waals surface area contributed by atoms with E-state index in [9.17, 15) is 4.79 Å². The summed E-state index contributed by atoms with van der Waals surface area (Å²) in [4.78, 5) is 13.3. The zero-order chi connectivity index (χ0) is 19.2. The van der Waals surface area contributed by atoms with E-state index in [4.69, 9.17) is 16.1 Å². The summed E-state index contributed by atoms with van der Waals surface area (Å²) in [6.45, 7) is 4.67. The molecule has 6 heteroatoms. The number of nitrogens with one attached hydrogen (secondary N) is 1. The molecule has 27 heavy (non-hydrogen) atoms. The van der Waals surface area contributed by atoms with Gasteiger partial charge in [0.1, 0.15) is 0 Å². The van der Waals surface area contributed by atoms with Gasteiger partial charge in [-0.05, 0) is 60.0 Å². The molecule has 0 fully saturated rings. The summed E-state index contributed by atoms with van der Waals surface area (Å²) in [7, 11) is 0. The average molecular weight is 401 g/mol. The zero-order valence-corrected chi connectivity index (χ0v) is 16.9. The Kier molecular flexibility index (Phi) is 6.48. The highest BCUT2D eigenvalue weighted by molar-refractivity contribution is 7.13. The van der Waals surface area contributed by atoms with Crippen molar-refractivity contribution in [3.05, 3.63) is 69.7 Å². The van der Waals surface area contributed by atoms with Crippen molar-refractivity contribution in [3.8, 4) is 10.6 Å². The number of carbonyl (C=O) groups is 1. The molecule has 3 rings (SSSR count). The Labute approximate surface area is 167 Å². The van der Waals surface area contributed by atoms with Crippen molar-refractivity contribution < 1.29 is 9.32 Å². The van der Waals surface area contributed by atoms with Gasteiger partial charge in [-0.2, -0.15) is 0 Å². The van der Waals surface area contributed by atoms with Crippen molar-refractivity contribution in [3.63, 3.8) is 0 Å². The van der Waals surface area contributed by atoms with Crippen LogP contribution >= 0.6 is 22.9 Å². The molecule has 1 amide bonds. The largest absolute Gasteiger partial charge is 0.355 e. The number of hydrogen-bond acceptors (Lipinski definition) is 4. The molecule has 140 valence electrons. The molecule has 1 N–H and O–H groups in total. The van der Waals surface area contributed by atoms with Gasteiger partial charge in [0, 0.05) is 17.6 Å². The van der Waals surface area contributed by atoms with E-state index >= 15 is 0 Å². The van der Waals surface area contributed by atoms with Crippen LogP contribution in [0.15, 0.2) is 52.4 Å².